The summed E-state index contributed by atoms with van der Waals surface area (Å²) in [7, 11) is 0. The van der Waals surface area contributed by atoms with E-state index in [-0.39, 0.29) is 17.7 Å². The number of nitrogens with one attached hydrogen (secondary N) is 2. The smallest absolute Gasteiger partial charge is 0.274 e. The number of likely N-dealkylation sites (tertiary alicyclic amines) is 1. The van der Waals surface area contributed by atoms with Gasteiger partial charge in [-0.05, 0) is 60.4 Å². The third-order valence-corrected chi connectivity index (χ3v) is 6.65. The van der Waals surface area contributed by atoms with E-state index < -0.39 is 11.7 Å². The summed E-state index contributed by atoms with van der Waals surface area (Å²) in [6.07, 6.45) is 6.26. The van der Waals surface area contributed by atoms with Gasteiger partial charge in [-0.3, -0.25) is 20.1 Å². The predicted octanol–water partition coefficient (Wildman–Crippen LogP) is 4.62. The largest absolute Gasteiger partial charge is 0.439 e. The highest BCUT2D eigenvalue weighted by atomic mass is 19.1. The van der Waals surface area contributed by atoms with Gasteiger partial charge in [0, 0.05) is 61.0 Å². The number of hydrogen-bond acceptors (Lipinski definition) is 8. The van der Waals surface area contributed by atoms with Gasteiger partial charge in [0.1, 0.15) is 17.3 Å². The molecule has 0 atom stereocenters. The molecule has 0 bridgehead atoms. The minimum atomic E-state index is -0.649. The molecule has 1 saturated heterocycles. The molecule has 204 valence electrons. The number of halogens is 1. The average Bonchev–Trinajstić information content (AvgIpc) is 2.95. The van der Waals surface area contributed by atoms with Crippen LogP contribution in [0, 0.1) is 11.2 Å². The number of carbonyl (C=O) groups is 1. The lowest BCUT2D eigenvalue weighted by atomic mass is 9.99. The van der Waals surface area contributed by atoms with Crippen LogP contribution in [0.4, 0.5) is 15.8 Å². The summed E-state index contributed by atoms with van der Waals surface area (Å²) in [6.45, 7) is 2.40. The summed E-state index contributed by atoms with van der Waals surface area (Å²) in [6, 6.07) is 16.1. The number of carbonyl (C=O) groups excluding carboxylic acids is 1. The van der Waals surface area contributed by atoms with E-state index >= 15 is 0 Å². The van der Waals surface area contributed by atoms with Crippen LogP contribution in [0.15, 0.2) is 79.3 Å². The maximum Gasteiger partial charge on any atom is 0.274 e. The molecule has 3 heterocycles. The molecule has 1 amide bonds. The SMILES string of the molecule is N=C(C(=O)Nc1ccc(Oc2cccc(F)c2)nc1)c1cc(-c2cncc(CN3CCC(O)CC3)c2)ccc1N. The Morgan fingerprint density at radius 1 is 1.07 bits per heavy atom. The maximum absolute atomic E-state index is 13.4. The number of aliphatic hydroxyl groups is 1. The molecule has 1 aliphatic rings. The highest BCUT2D eigenvalue weighted by Gasteiger charge is 2.19. The van der Waals surface area contributed by atoms with E-state index in [1.807, 2.05) is 18.3 Å². The van der Waals surface area contributed by atoms with Gasteiger partial charge < -0.3 is 20.9 Å². The normalized spacial score (nSPS) is 14.1. The number of hydrogen-bond donors (Lipinski definition) is 4. The molecule has 9 nitrogen and oxygen atoms in total. The van der Waals surface area contributed by atoms with E-state index in [1.54, 1.807) is 30.5 Å². The van der Waals surface area contributed by atoms with Crippen molar-refractivity contribution in [3.63, 3.8) is 0 Å². The molecular weight excluding hydrogens is 511 g/mol. The molecule has 2 aromatic carbocycles. The van der Waals surface area contributed by atoms with Crippen molar-refractivity contribution in [3.8, 4) is 22.8 Å². The highest BCUT2D eigenvalue weighted by molar-refractivity contribution is 6.48. The van der Waals surface area contributed by atoms with Gasteiger partial charge in [-0.25, -0.2) is 9.37 Å². The maximum atomic E-state index is 13.4. The van der Waals surface area contributed by atoms with E-state index in [2.05, 4.69) is 20.2 Å². The minimum Gasteiger partial charge on any atom is -0.439 e. The van der Waals surface area contributed by atoms with Gasteiger partial charge in [-0.1, -0.05) is 12.1 Å². The molecule has 10 heteroatoms. The topological polar surface area (TPSA) is 137 Å². The standard InChI is InChI=1S/C30H29FN6O3/c31-22-2-1-3-25(14-22)40-28-7-5-23(17-35-28)36-30(39)29(33)26-13-20(4-6-27(26)32)21-12-19(15-34-16-21)18-37-10-8-24(38)9-11-37/h1-7,12-17,24,33,38H,8-11,18,32H2,(H,36,39). The van der Waals surface area contributed by atoms with Gasteiger partial charge in [-0.15, -0.1) is 0 Å². The lowest BCUT2D eigenvalue weighted by Crippen LogP contribution is -2.35. The van der Waals surface area contributed by atoms with Crippen LogP contribution in [0.3, 0.4) is 0 Å². The number of piperidine rings is 1. The first-order chi connectivity index (χ1) is 19.3. The van der Waals surface area contributed by atoms with Crippen molar-refractivity contribution in [2.75, 3.05) is 24.1 Å². The van der Waals surface area contributed by atoms with E-state index in [1.165, 1.54) is 30.5 Å². The molecule has 40 heavy (non-hydrogen) atoms. The molecule has 1 fully saturated rings. The van der Waals surface area contributed by atoms with Crippen LogP contribution in [0.1, 0.15) is 24.0 Å². The lowest BCUT2D eigenvalue weighted by molar-refractivity contribution is -0.110. The number of aromatic nitrogens is 2. The number of aliphatic hydroxyl groups excluding tert-OH is 1. The zero-order valence-electron chi connectivity index (χ0n) is 21.7. The van der Waals surface area contributed by atoms with Gasteiger partial charge in [0.05, 0.1) is 18.0 Å². The molecule has 0 radical (unpaired) electrons. The van der Waals surface area contributed by atoms with Crippen molar-refractivity contribution < 1.29 is 19.0 Å². The van der Waals surface area contributed by atoms with Gasteiger partial charge >= 0.3 is 0 Å². The average molecular weight is 541 g/mol. The summed E-state index contributed by atoms with van der Waals surface area (Å²) in [4.78, 5) is 23.7. The van der Waals surface area contributed by atoms with Crippen LogP contribution in [0.25, 0.3) is 11.1 Å². The lowest BCUT2D eigenvalue weighted by Gasteiger charge is -2.29. The molecular formula is C30H29FN6O3. The summed E-state index contributed by atoms with van der Waals surface area (Å²) in [5.41, 5.74) is 9.48. The Balaban J connectivity index is 1.25. The first-order valence-electron chi connectivity index (χ1n) is 12.9. The van der Waals surface area contributed by atoms with Gasteiger partial charge in [0.15, 0.2) is 0 Å². The Labute approximate surface area is 231 Å². The van der Waals surface area contributed by atoms with Crippen LogP contribution in [-0.4, -0.2) is 50.8 Å². The van der Waals surface area contributed by atoms with Crippen LogP contribution in [0.5, 0.6) is 11.6 Å². The molecule has 5 rings (SSSR count). The molecule has 0 spiro atoms. The summed E-state index contributed by atoms with van der Waals surface area (Å²) < 4.78 is 18.9. The molecule has 1 aliphatic heterocycles. The first kappa shape index (κ1) is 26.9. The third-order valence-electron chi connectivity index (χ3n) is 6.65. The van der Waals surface area contributed by atoms with E-state index in [0.717, 1.165) is 49.2 Å². The van der Waals surface area contributed by atoms with Crippen LogP contribution < -0.4 is 15.8 Å². The van der Waals surface area contributed by atoms with E-state index in [9.17, 15) is 14.3 Å². The fourth-order valence-corrected chi connectivity index (χ4v) is 4.50. The third kappa shape index (κ3) is 6.66. The Morgan fingerprint density at radius 3 is 2.65 bits per heavy atom. The number of benzene rings is 2. The quantitative estimate of drug-likeness (QED) is 0.189. The molecule has 0 unspecified atom stereocenters. The van der Waals surface area contributed by atoms with E-state index in [0.29, 0.717) is 22.7 Å². The monoisotopic (exact) mass is 540 g/mol. The van der Waals surface area contributed by atoms with Gasteiger partial charge in [-0.2, -0.15) is 0 Å². The van der Waals surface area contributed by atoms with Crippen LogP contribution in [0.2, 0.25) is 0 Å². The Morgan fingerprint density at radius 2 is 1.90 bits per heavy atom. The number of nitrogens with zero attached hydrogens (tertiary/aromatic N) is 3. The highest BCUT2D eigenvalue weighted by Crippen LogP contribution is 2.26. The van der Waals surface area contributed by atoms with Gasteiger partial charge in [0.25, 0.3) is 5.91 Å². The van der Waals surface area contributed by atoms with Gasteiger partial charge in [0.2, 0.25) is 5.88 Å². The molecule has 2 aromatic heterocycles. The number of pyridine rings is 2. The Hall–Kier alpha value is -4.67. The van der Waals surface area contributed by atoms with Crippen LogP contribution >= 0.6 is 0 Å². The zero-order valence-corrected chi connectivity index (χ0v) is 21.7. The van der Waals surface area contributed by atoms with Crippen LogP contribution in [-0.2, 0) is 11.3 Å². The fraction of sp³-hybridized carbons (Fsp3) is 0.200. The number of ether oxygens (including phenoxy) is 1. The molecule has 4 aromatic rings. The minimum absolute atomic E-state index is 0.224. The number of nitrogens with two attached hydrogens (primary N) is 1. The second-order valence-corrected chi connectivity index (χ2v) is 9.66. The second kappa shape index (κ2) is 12.0. The molecule has 0 saturated carbocycles. The van der Waals surface area contributed by atoms with Crippen molar-refractivity contribution in [3.05, 3.63) is 96.2 Å². The summed E-state index contributed by atoms with van der Waals surface area (Å²) in [5.74, 6) is -0.548. The summed E-state index contributed by atoms with van der Waals surface area (Å²) in [5, 5.41) is 20.9. The molecule has 5 N–H and O–H groups in total. The number of nitrogen functional groups attached to an aromatic ring is 1. The molecule has 0 aliphatic carbocycles. The second-order valence-electron chi connectivity index (χ2n) is 9.66. The van der Waals surface area contributed by atoms with Crippen molar-refractivity contribution in [1.29, 1.82) is 5.41 Å². The van der Waals surface area contributed by atoms with Crippen molar-refractivity contribution in [2.24, 2.45) is 0 Å². The summed E-state index contributed by atoms with van der Waals surface area (Å²) >= 11 is 0. The Bertz CT molecular complexity index is 1520. The zero-order chi connectivity index (χ0) is 28.1. The van der Waals surface area contributed by atoms with Crippen molar-refractivity contribution in [1.82, 2.24) is 14.9 Å². The first-order valence-corrected chi connectivity index (χ1v) is 12.9. The van der Waals surface area contributed by atoms with Crippen molar-refractivity contribution in [2.45, 2.75) is 25.5 Å². The van der Waals surface area contributed by atoms with Crippen molar-refractivity contribution >= 4 is 23.0 Å². The number of amides is 1. The number of rotatable bonds is 8. The number of anilines is 2. The predicted molar refractivity (Wildman–Crippen MR) is 151 cm³/mol. The Kier molecular flexibility index (Phi) is 8.09. The fourth-order valence-electron chi connectivity index (χ4n) is 4.50. The van der Waals surface area contributed by atoms with E-state index in [4.69, 9.17) is 15.9 Å².